The number of rotatable bonds is 11. The third-order valence-corrected chi connectivity index (χ3v) is 7.53. The smallest absolute Gasteiger partial charge is 0.394 e. The number of benzene rings is 1. The van der Waals surface area contributed by atoms with Crippen LogP contribution in [0.5, 0.6) is 0 Å². The fourth-order valence-corrected chi connectivity index (χ4v) is 5.15. The topological polar surface area (TPSA) is 201 Å². The molecule has 1 saturated carbocycles. The quantitative estimate of drug-likeness (QED) is 0.135. The number of nitrogens with two attached hydrogens (primary N) is 1. The normalized spacial score (nSPS) is 21.6. The molecule has 1 aromatic carbocycles. The zero-order valence-corrected chi connectivity index (χ0v) is 22.6. The third-order valence-electron chi connectivity index (χ3n) is 6.66. The first kappa shape index (κ1) is 30.4. The lowest BCUT2D eigenvalue weighted by Gasteiger charge is -2.19. The molecule has 17 heteroatoms. The fourth-order valence-electron chi connectivity index (χ4n) is 4.40. The second-order valence-electron chi connectivity index (χ2n) is 9.50. The van der Waals surface area contributed by atoms with E-state index in [2.05, 4.69) is 30.9 Å². The van der Waals surface area contributed by atoms with Gasteiger partial charge in [0.05, 0.1) is 30.2 Å². The van der Waals surface area contributed by atoms with Gasteiger partial charge in [0.15, 0.2) is 22.1 Å². The van der Waals surface area contributed by atoms with Crippen LogP contribution in [0, 0.1) is 5.92 Å². The Morgan fingerprint density at radius 2 is 1.90 bits per heavy atom. The number of primary amides is 1. The number of aromatic nitrogens is 5. The predicted molar refractivity (Wildman–Crippen MR) is 139 cm³/mol. The summed E-state index contributed by atoms with van der Waals surface area (Å²) in [7, 11) is 0. The molecule has 13 nitrogen and oxygen atoms in total. The summed E-state index contributed by atoms with van der Waals surface area (Å²) in [5, 5.41) is 44.6. The molecule has 0 spiro atoms. The second-order valence-corrected chi connectivity index (χ2v) is 10.5. The predicted octanol–water partition coefficient (Wildman–Crippen LogP) is 0.848. The lowest BCUT2D eigenvalue weighted by molar-refractivity contribution is -0.137. The molecular weight excluding hydrogens is 569 g/mol. The highest BCUT2D eigenvalue weighted by atomic mass is 32.2. The number of nitrogens with one attached hydrogen (secondary N) is 2. The number of halogens is 3. The van der Waals surface area contributed by atoms with Gasteiger partial charge >= 0.3 is 6.18 Å². The van der Waals surface area contributed by atoms with E-state index in [0.29, 0.717) is 17.3 Å². The summed E-state index contributed by atoms with van der Waals surface area (Å²) in [6.07, 6.45) is -5.92. The van der Waals surface area contributed by atoms with Crippen LogP contribution in [-0.2, 0) is 15.8 Å². The Hall–Kier alpha value is -3.54. The van der Waals surface area contributed by atoms with Crippen molar-refractivity contribution >= 4 is 40.6 Å². The van der Waals surface area contributed by atoms with Crippen molar-refractivity contribution in [2.75, 3.05) is 18.5 Å². The molecule has 0 saturated heterocycles. The molecule has 0 radical (unpaired) electrons. The summed E-state index contributed by atoms with van der Waals surface area (Å²) < 4.78 is 40.2. The molecule has 1 aliphatic carbocycles. The molecule has 1 fully saturated rings. The number of amides is 2. The summed E-state index contributed by atoms with van der Waals surface area (Å²) in [5.41, 5.74) is 4.78. The van der Waals surface area contributed by atoms with E-state index in [9.17, 15) is 38.1 Å². The molecule has 1 unspecified atom stereocenters. The lowest BCUT2D eigenvalue weighted by Crippen LogP contribution is -2.50. The molecule has 5 atom stereocenters. The number of carbonyl (C=O) groups is 2. The zero-order valence-electron chi connectivity index (χ0n) is 21.7. The van der Waals surface area contributed by atoms with E-state index in [0.717, 1.165) is 36.7 Å². The molecule has 0 aliphatic heterocycles. The van der Waals surface area contributed by atoms with Crippen LogP contribution in [0.2, 0.25) is 0 Å². The average Bonchev–Trinajstić information content (AvgIpc) is 3.47. The largest absolute Gasteiger partial charge is 0.416 e. The summed E-state index contributed by atoms with van der Waals surface area (Å²) >= 11 is 1.01. The van der Waals surface area contributed by atoms with Crippen molar-refractivity contribution in [1.82, 2.24) is 30.3 Å². The van der Waals surface area contributed by atoms with Crippen LogP contribution in [0.4, 0.5) is 19.0 Å². The van der Waals surface area contributed by atoms with Crippen LogP contribution < -0.4 is 16.4 Å². The van der Waals surface area contributed by atoms with Gasteiger partial charge in [0.2, 0.25) is 11.8 Å². The van der Waals surface area contributed by atoms with Gasteiger partial charge in [-0.3, -0.25) is 9.59 Å². The first-order valence-electron chi connectivity index (χ1n) is 12.7. The Labute approximate surface area is 235 Å². The third kappa shape index (κ3) is 6.69. The molecule has 41 heavy (non-hydrogen) atoms. The summed E-state index contributed by atoms with van der Waals surface area (Å²) in [6.45, 7) is 1.80. The minimum Gasteiger partial charge on any atom is -0.394 e. The molecule has 4 rings (SSSR count). The number of aliphatic hydroxyl groups is 3. The number of fused-ring (bicyclic) bond motifs is 1. The van der Waals surface area contributed by atoms with Gasteiger partial charge in [0.25, 0.3) is 0 Å². The van der Waals surface area contributed by atoms with Crippen molar-refractivity contribution in [2.24, 2.45) is 11.7 Å². The van der Waals surface area contributed by atoms with Gasteiger partial charge in [-0.1, -0.05) is 18.6 Å². The number of anilines is 1. The maximum atomic E-state index is 13.0. The number of unbranched alkanes of at least 4 members (excludes halogenated alkanes) is 1. The van der Waals surface area contributed by atoms with Crippen LogP contribution in [0.15, 0.2) is 34.3 Å². The molecule has 2 heterocycles. The molecule has 2 aromatic heterocycles. The lowest BCUT2D eigenvalue weighted by atomic mass is 10.0. The van der Waals surface area contributed by atoms with E-state index in [-0.39, 0.29) is 22.7 Å². The van der Waals surface area contributed by atoms with E-state index >= 15 is 0 Å². The molecule has 7 N–H and O–H groups in total. The van der Waals surface area contributed by atoms with Gasteiger partial charge in [0, 0.05) is 11.4 Å². The van der Waals surface area contributed by atoms with Crippen molar-refractivity contribution < 1.29 is 38.1 Å². The molecule has 2 amide bonds. The first-order chi connectivity index (χ1) is 19.4. The highest BCUT2D eigenvalue weighted by molar-refractivity contribution is 7.99. The summed E-state index contributed by atoms with van der Waals surface area (Å²) in [5.74, 6) is -2.62. The van der Waals surface area contributed by atoms with Crippen LogP contribution >= 0.6 is 11.8 Å². The Kier molecular flexibility index (Phi) is 9.31. The monoisotopic (exact) mass is 598 g/mol. The maximum absolute atomic E-state index is 13.0. The van der Waals surface area contributed by atoms with Crippen molar-refractivity contribution in [2.45, 2.75) is 66.7 Å². The van der Waals surface area contributed by atoms with Gasteiger partial charge in [-0.25, -0.2) is 14.6 Å². The number of alkyl halides is 3. The molecule has 1 aliphatic rings. The van der Waals surface area contributed by atoms with Crippen molar-refractivity contribution in [1.29, 1.82) is 0 Å². The molecule has 0 bridgehead atoms. The Morgan fingerprint density at radius 3 is 2.51 bits per heavy atom. The Morgan fingerprint density at radius 1 is 1.20 bits per heavy atom. The van der Waals surface area contributed by atoms with Crippen LogP contribution in [0.3, 0.4) is 0 Å². The maximum Gasteiger partial charge on any atom is 0.416 e. The van der Waals surface area contributed by atoms with Crippen LogP contribution in [0.1, 0.15) is 37.8 Å². The van der Waals surface area contributed by atoms with Gasteiger partial charge in [-0.15, -0.1) is 5.10 Å². The van der Waals surface area contributed by atoms with Crippen LogP contribution in [-0.4, -0.2) is 83.5 Å². The number of aliphatic hydroxyl groups excluding tert-OH is 3. The highest BCUT2D eigenvalue weighted by Crippen LogP contribution is 2.38. The van der Waals surface area contributed by atoms with E-state index in [1.807, 2.05) is 6.92 Å². The molecule has 3 aromatic rings. The minimum atomic E-state index is -4.48. The number of hydrogen-bond acceptors (Lipinski definition) is 11. The summed E-state index contributed by atoms with van der Waals surface area (Å²) in [6, 6.07) is 2.17. The zero-order chi connectivity index (χ0) is 29.9. The molecule has 222 valence electrons. The van der Waals surface area contributed by atoms with E-state index in [4.69, 9.17) is 5.73 Å². The number of nitrogens with zero attached hydrogens (tertiary/aromatic N) is 5. The van der Waals surface area contributed by atoms with Crippen LogP contribution in [0.25, 0.3) is 11.2 Å². The van der Waals surface area contributed by atoms with Crippen molar-refractivity contribution in [3.8, 4) is 0 Å². The standard InChI is InChI=1S/C24H29F3N8O5S/c1-2-3-8-29-20-16-21(32-23(31-20)41-12-6-4-11(5-7-12)24(25,26)27)35(34-33-16)15-9-13(17(37)18(15)38)22(40)30-14(10-36)19(28)39/h4-7,13-15,17-18,36-38H,2-3,8-10H2,1H3,(H2,28,39)(H,30,40)(H,29,31,32)/t13-,14?,15+,17+,18-/m0/s1. The van der Waals surface area contributed by atoms with Gasteiger partial charge in [0.1, 0.15) is 12.1 Å². The Balaban J connectivity index is 1.66. The minimum absolute atomic E-state index is 0.118. The first-order valence-corrected chi connectivity index (χ1v) is 13.5. The number of hydrogen-bond donors (Lipinski definition) is 6. The van der Waals surface area contributed by atoms with Gasteiger partial charge in [-0.05, 0) is 48.9 Å². The van der Waals surface area contributed by atoms with Crippen molar-refractivity contribution in [3.63, 3.8) is 0 Å². The van der Waals surface area contributed by atoms with Gasteiger partial charge < -0.3 is 31.7 Å². The average molecular weight is 599 g/mol. The Bertz CT molecular complexity index is 1390. The van der Waals surface area contributed by atoms with E-state index < -0.39 is 60.4 Å². The fraction of sp³-hybridized carbons (Fsp3) is 0.500. The van der Waals surface area contributed by atoms with Crippen molar-refractivity contribution in [3.05, 3.63) is 29.8 Å². The van der Waals surface area contributed by atoms with E-state index in [1.165, 1.54) is 16.8 Å². The summed E-state index contributed by atoms with van der Waals surface area (Å²) in [4.78, 5) is 33.6. The molecular formula is C24H29F3N8O5S. The van der Waals surface area contributed by atoms with Gasteiger partial charge in [-0.2, -0.15) is 13.2 Å². The van der Waals surface area contributed by atoms with E-state index in [1.54, 1.807) is 0 Å². The highest BCUT2D eigenvalue weighted by Gasteiger charge is 2.47. The SMILES string of the molecule is CCCCNc1nc(Sc2ccc(C(F)(F)F)cc2)nc2c1nnn2[C@@H]1C[C@H](C(=O)NC(CO)C(N)=O)[C@@H](O)[C@H]1O. The number of carbonyl (C=O) groups excluding carboxylic acids is 2. The second kappa shape index (κ2) is 12.5.